The third kappa shape index (κ3) is 4.79. The lowest BCUT2D eigenvalue weighted by molar-refractivity contribution is 0.104. The van der Waals surface area contributed by atoms with Crippen molar-refractivity contribution >= 4 is 17.5 Å². The highest BCUT2D eigenvalue weighted by atomic mass is 16.5. The summed E-state index contributed by atoms with van der Waals surface area (Å²) in [6.45, 7) is 10.1. The van der Waals surface area contributed by atoms with Crippen molar-refractivity contribution in [3.05, 3.63) is 71.8 Å². The summed E-state index contributed by atoms with van der Waals surface area (Å²) in [6.07, 6.45) is 5.03. The number of anilines is 1. The van der Waals surface area contributed by atoms with Gasteiger partial charge in [0.05, 0.1) is 6.61 Å². The zero-order valence-electron chi connectivity index (χ0n) is 16.4. The first kappa shape index (κ1) is 20.3. The first-order valence-corrected chi connectivity index (χ1v) is 8.96. The van der Waals surface area contributed by atoms with Crippen LogP contribution in [0.15, 0.2) is 55.1 Å². The molecule has 0 saturated carbocycles. The van der Waals surface area contributed by atoms with E-state index in [2.05, 4.69) is 11.9 Å². The van der Waals surface area contributed by atoms with Gasteiger partial charge in [-0.05, 0) is 49.4 Å². The summed E-state index contributed by atoms with van der Waals surface area (Å²) < 4.78 is 5.63. The largest absolute Gasteiger partial charge is 0.507 e. The van der Waals surface area contributed by atoms with Crippen LogP contribution < -0.4 is 10.1 Å². The molecule has 4 nitrogen and oxygen atoms in total. The molecule has 0 radical (unpaired) electrons. The van der Waals surface area contributed by atoms with Crippen LogP contribution in [0.25, 0.3) is 6.08 Å². The minimum atomic E-state index is -0.412. The molecule has 2 rings (SSSR count). The van der Waals surface area contributed by atoms with E-state index in [4.69, 9.17) is 4.74 Å². The molecular weight excluding hydrogens is 338 g/mol. The number of benzene rings is 2. The molecular formula is C23H27NO3. The van der Waals surface area contributed by atoms with E-state index in [0.717, 1.165) is 16.8 Å². The molecule has 142 valence electrons. The van der Waals surface area contributed by atoms with E-state index >= 15 is 0 Å². The van der Waals surface area contributed by atoms with Crippen LogP contribution in [-0.4, -0.2) is 24.5 Å². The van der Waals surface area contributed by atoms with E-state index in [1.54, 1.807) is 30.4 Å². The molecule has 0 heterocycles. The molecule has 0 aromatic heterocycles. The van der Waals surface area contributed by atoms with Crippen LogP contribution in [-0.2, 0) is 5.41 Å². The average molecular weight is 365 g/mol. The number of allylic oxidation sites excluding steroid dienone is 2. The maximum atomic E-state index is 12.5. The highest BCUT2D eigenvalue weighted by Crippen LogP contribution is 2.37. The number of hydrogen-bond acceptors (Lipinski definition) is 4. The minimum Gasteiger partial charge on any atom is -0.507 e. The van der Waals surface area contributed by atoms with Crippen molar-refractivity contribution in [3.63, 3.8) is 0 Å². The Labute approximate surface area is 161 Å². The number of ketones is 1. The van der Waals surface area contributed by atoms with Gasteiger partial charge in [-0.25, -0.2) is 0 Å². The topological polar surface area (TPSA) is 58.6 Å². The van der Waals surface area contributed by atoms with E-state index in [9.17, 15) is 9.90 Å². The first-order valence-electron chi connectivity index (χ1n) is 8.96. The van der Waals surface area contributed by atoms with Gasteiger partial charge in [0.15, 0.2) is 5.78 Å². The van der Waals surface area contributed by atoms with Gasteiger partial charge in [0.2, 0.25) is 0 Å². The van der Waals surface area contributed by atoms with E-state index in [-0.39, 0.29) is 11.5 Å². The number of rotatable bonds is 8. The summed E-state index contributed by atoms with van der Waals surface area (Å²) in [6, 6.07) is 10.7. The van der Waals surface area contributed by atoms with Crippen molar-refractivity contribution in [2.45, 2.75) is 26.2 Å². The van der Waals surface area contributed by atoms with Crippen LogP contribution in [0, 0.1) is 0 Å². The number of phenolic OH excluding ortho intramolecular Hbond substituents is 1. The lowest BCUT2D eigenvalue weighted by Crippen LogP contribution is -2.13. The molecule has 0 amide bonds. The molecule has 2 N–H and O–H groups in total. The van der Waals surface area contributed by atoms with E-state index in [1.165, 1.54) is 6.08 Å². The van der Waals surface area contributed by atoms with Gasteiger partial charge < -0.3 is 15.2 Å². The van der Waals surface area contributed by atoms with Crippen molar-refractivity contribution in [2.75, 3.05) is 19.0 Å². The summed E-state index contributed by atoms with van der Waals surface area (Å²) in [4.78, 5) is 12.5. The van der Waals surface area contributed by atoms with Gasteiger partial charge in [0.25, 0.3) is 0 Å². The Morgan fingerprint density at radius 3 is 2.48 bits per heavy atom. The van der Waals surface area contributed by atoms with Crippen molar-refractivity contribution < 1.29 is 14.6 Å². The summed E-state index contributed by atoms with van der Waals surface area (Å²) in [5.74, 6) is 0.584. The van der Waals surface area contributed by atoms with Crippen molar-refractivity contribution in [3.8, 4) is 11.5 Å². The molecule has 0 fully saturated rings. The van der Waals surface area contributed by atoms with Gasteiger partial charge in [-0.1, -0.05) is 19.9 Å². The Bertz CT molecular complexity index is 849. The average Bonchev–Trinajstić information content (AvgIpc) is 2.67. The summed E-state index contributed by atoms with van der Waals surface area (Å²) in [5, 5.41) is 13.4. The number of ether oxygens (including phenoxy) is 1. The lowest BCUT2D eigenvalue weighted by Gasteiger charge is -2.23. The van der Waals surface area contributed by atoms with Crippen LogP contribution >= 0.6 is 0 Å². The molecule has 4 heteroatoms. The van der Waals surface area contributed by atoms with Gasteiger partial charge in [-0.2, -0.15) is 0 Å². The molecule has 27 heavy (non-hydrogen) atoms. The van der Waals surface area contributed by atoms with Crippen molar-refractivity contribution in [1.29, 1.82) is 0 Å². The smallest absolute Gasteiger partial charge is 0.185 e. The Morgan fingerprint density at radius 1 is 1.26 bits per heavy atom. The quantitative estimate of drug-likeness (QED) is 0.384. The third-order valence-corrected chi connectivity index (χ3v) is 4.50. The standard InChI is InChI=1S/C23H27NO3/c1-6-23(3,4)19-14-17(22(27-7-2)15-21(19)26)10-13-20(25)16-8-11-18(24-5)12-9-16/h6,8-15,24,26H,1,7H2,2-5H3. The molecule has 0 spiro atoms. The molecule has 0 unspecified atom stereocenters. The molecule has 2 aromatic carbocycles. The second kappa shape index (κ2) is 8.58. The van der Waals surface area contributed by atoms with Crippen molar-refractivity contribution in [2.24, 2.45) is 0 Å². The fourth-order valence-corrected chi connectivity index (χ4v) is 2.69. The third-order valence-electron chi connectivity index (χ3n) is 4.50. The van der Waals surface area contributed by atoms with E-state index in [1.807, 2.05) is 46.0 Å². The monoisotopic (exact) mass is 365 g/mol. The summed E-state index contributed by atoms with van der Waals surface area (Å²) in [5.41, 5.74) is 2.61. The van der Waals surface area contributed by atoms with Gasteiger partial charge in [0, 0.05) is 40.9 Å². The summed E-state index contributed by atoms with van der Waals surface area (Å²) >= 11 is 0. The number of aromatic hydroxyl groups is 1. The SMILES string of the molecule is C=CC(C)(C)c1cc(C=CC(=O)c2ccc(NC)cc2)c(OCC)cc1O. The van der Waals surface area contributed by atoms with Crippen molar-refractivity contribution in [1.82, 2.24) is 0 Å². The van der Waals surface area contributed by atoms with Crippen LogP contribution in [0.3, 0.4) is 0 Å². The molecule has 0 aliphatic heterocycles. The van der Waals surface area contributed by atoms with Gasteiger partial charge in [0.1, 0.15) is 11.5 Å². The highest BCUT2D eigenvalue weighted by molar-refractivity contribution is 6.07. The zero-order valence-corrected chi connectivity index (χ0v) is 16.4. The second-order valence-corrected chi connectivity index (χ2v) is 6.79. The number of carbonyl (C=O) groups excluding carboxylic acids is 1. The van der Waals surface area contributed by atoms with E-state index < -0.39 is 5.41 Å². The Kier molecular flexibility index (Phi) is 6.45. The van der Waals surface area contributed by atoms with Gasteiger partial charge in [-0.15, -0.1) is 6.58 Å². The number of nitrogens with one attached hydrogen (secondary N) is 1. The molecule has 0 aliphatic rings. The Hall–Kier alpha value is -3.01. The number of carbonyl (C=O) groups is 1. The molecule has 0 atom stereocenters. The fraction of sp³-hybridized carbons (Fsp3) is 0.261. The number of phenols is 1. The fourth-order valence-electron chi connectivity index (χ4n) is 2.69. The first-order chi connectivity index (χ1) is 12.8. The van der Waals surface area contributed by atoms with Gasteiger partial charge >= 0.3 is 0 Å². The lowest BCUT2D eigenvalue weighted by atomic mass is 9.83. The Morgan fingerprint density at radius 2 is 1.93 bits per heavy atom. The Balaban J connectivity index is 2.39. The molecule has 2 aromatic rings. The van der Waals surface area contributed by atoms with Crippen LogP contribution in [0.2, 0.25) is 0 Å². The minimum absolute atomic E-state index is 0.0993. The normalized spacial score (nSPS) is 11.4. The highest BCUT2D eigenvalue weighted by Gasteiger charge is 2.22. The maximum Gasteiger partial charge on any atom is 0.185 e. The zero-order chi connectivity index (χ0) is 20.0. The predicted octanol–water partition coefficient (Wildman–Crippen LogP) is 5.19. The van der Waals surface area contributed by atoms with Crippen LogP contribution in [0.5, 0.6) is 11.5 Å². The summed E-state index contributed by atoms with van der Waals surface area (Å²) in [7, 11) is 1.83. The van der Waals surface area contributed by atoms with Crippen LogP contribution in [0.1, 0.15) is 42.3 Å². The molecule has 0 aliphatic carbocycles. The van der Waals surface area contributed by atoms with Gasteiger partial charge in [-0.3, -0.25) is 4.79 Å². The molecule has 0 bridgehead atoms. The maximum absolute atomic E-state index is 12.5. The van der Waals surface area contributed by atoms with Crippen LogP contribution in [0.4, 0.5) is 5.69 Å². The second-order valence-electron chi connectivity index (χ2n) is 6.79. The van der Waals surface area contributed by atoms with E-state index in [0.29, 0.717) is 17.9 Å². The number of hydrogen-bond donors (Lipinski definition) is 2. The predicted molar refractivity (Wildman–Crippen MR) is 112 cm³/mol. The molecule has 0 saturated heterocycles.